The van der Waals surface area contributed by atoms with Gasteiger partial charge in [0, 0.05) is 31.3 Å². The molecule has 2 rings (SSSR count). The molecule has 4 N–H and O–H groups in total. The van der Waals surface area contributed by atoms with E-state index in [1.165, 1.54) is 26.2 Å². The summed E-state index contributed by atoms with van der Waals surface area (Å²) in [7, 11) is 1.26. The zero-order valence-corrected chi connectivity index (χ0v) is 19.3. The lowest BCUT2D eigenvalue weighted by Crippen LogP contribution is -2.34. The molecule has 0 aliphatic rings. The fraction of sp³-hybridized carbons (Fsp3) is 0.348. The predicted octanol–water partition coefficient (Wildman–Crippen LogP) is 3.51. The Balaban J connectivity index is 1.95. The molecule has 4 amide bonds. The number of urea groups is 1. The Morgan fingerprint density at radius 3 is 2.15 bits per heavy atom. The SMILES string of the molecule is CCN(CC)CCNC(=O)c1ccc(NC(=O)Nc2ccc(NC(C)=O)c(OC)c2F)cc1. The van der Waals surface area contributed by atoms with Gasteiger partial charge in [-0.2, -0.15) is 0 Å². The summed E-state index contributed by atoms with van der Waals surface area (Å²) in [5.41, 5.74) is 0.918. The first-order chi connectivity index (χ1) is 15.8. The molecule has 0 aliphatic carbocycles. The van der Waals surface area contributed by atoms with Crippen LogP contribution in [0.1, 0.15) is 31.1 Å². The normalized spacial score (nSPS) is 10.5. The van der Waals surface area contributed by atoms with Crippen molar-refractivity contribution in [1.29, 1.82) is 0 Å². The third kappa shape index (κ3) is 7.46. The number of carbonyl (C=O) groups excluding carboxylic acids is 3. The molecule has 0 bridgehead atoms. The average Bonchev–Trinajstić information content (AvgIpc) is 2.79. The third-order valence-corrected chi connectivity index (χ3v) is 4.87. The molecule has 0 heterocycles. The van der Waals surface area contributed by atoms with Crippen molar-refractivity contribution >= 4 is 34.9 Å². The van der Waals surface area contributed by atoms with Crippen LogP contribution in [-0.4, -0.2) is 56.0 Å². The van der Waals surface area contributed by atoms with Gasteiger partial charge in [-0.3, -0.25) is 9.59 Å². The number of nitrogens with zero attached hydrogens (tertiary/aromatic N) is 1. The van der Waals surface area contributed by atoms with E-state index in [4.69, 9.17) is 4.74 Å². The lowest BCUT2D eigenvalue weighted by Gasteiger charge is -2.18. The van der Waals surface area contributed by atoms with E-state index in [2.05, 4.69) is 40.0 Å². The molecule has 0 spiro atoms. The smallest absolute Gasteiger partial charge is 0.323 e. The van der Waals surface area contributed by atoms with Crippen molar-refractivity contribution in [3.05, 3.63) is 47.8 Å². The van der Waals surface area contributed by atoms with Crippen LogP contribution in [0, 0.1) is 5.82 Å². The number of halogens is 1. The number of methoxy groups -OCH3 is 1. The summed E-state index contributed by atoms with van der Waals surface area (Å²) in [6.45, 7) is 8.58. The number of rotatable bonds is 10. The van der Waals surface area contributed by atoms with Gasteiger partial charge >= 0.3 is 6.03 Å². The Bertz CT molecular complexity index is 978. The van der Waals surface area contributed by atoms with Gasteiger partial charge in [-0.15, -0.1) is 0 Å². The van der Waals surface area contributed by atoms with Crippen molar-refractivity contribution in [2.75, 3.05) is 49.2 Å². The lowest BCUT2D eigenvalue weighted by atomic mass is 10.2. The Hall–Kier alpha value is -3.66. The van der Waals surface area contributed by atoms with Crippen LogP contribution in [0.5, 0.6) is 5.75 Å². The maximum atomic E-state index is 14.7. The summed E-state index contributed by atoms with van der Waals surface area (Å²) in [6, 6.07) is 8.40. The molecule has 0 atom stereocenters. The molecule has 0 saturated heterocycles. The monoisotopic (exact) mass is 459 g/mol. The van der Waals surface area contributed by atoms with E-state index in [1.807, 2.05) is 0 Å². The molecule has 2 aromatic carbocycles. The fourth-order valence-corrected chi connectivity index (χ4v) is 3.10. The zero-order chi connectivity index (χ0) is 24.4. The van der Waals surface area contributed by atoms with Crippen LogP contribution >= 0.6 is 0 Å². The second kappa shape index (κ2) is 12.4. The van der Waals surface area contributed by atoms with Crippen molar-refractivity contribution in [2.24, 2.45) is 0 Å². The second-order valence-electron chi connectivity index (χ2n) is 7.13. The number of likely N-dealkylation sites (N-methyl/N-ethyl adjacent to an activating group) is 1. The number of benzene rings is 2. The second-order valence-corrected chi connectivity index (χ2v) is 7.13. The zero-order valence-electron chi connectivity index (χ0n) is 19.3. The molecule has 0 aliphatic heterocycles. The molecule has 0 saturated carbocycles. The summed E-state index contributed by atoms with van der Waals surface area (Å²) < 4.78 is 19.7. The minimum absolute atomic E-state index is 0.123. The molecular weight excluding hydrogens is 429 g/mol. The van der Waals surface area contributed by atoms with E-state index in [-0.39, 0.29) is 28.9 Å². The van der Waals surface area contributed by atoms with Crippen LogP contribution in [0.2, 0.25) is 0 Å². The summed E-state index contributed by atoms with van der Waals surface area (Å²) in [6.07, 6.45) is 0. The van der Waals surface area contributed by atoms with E-state index >= 15 is 0 Å². The van der Waals surface area contributed by atoms with Crippen LogP contribution in [0.25, 0.3) is 0 Å². The van der Waals surface area contributed by atoms with Crippen molar-refractivity contribution in [2.45, 2.75) is 20.8 Å². The van der Waals surface area contributed by atoms with Gasteiger partial charge in [0.05, 0.1) is 18.5 Å². The fourth-order valence-electron chi connectivity index (χ4n) is 3.10. The minimum atomic E-state index is -0.823. The van der Waals surface area contributed by atoms with Gasteiger partial charge in [-0.05, 0) is 49.5 Å². The number of hydrogen-bond donors (Lipinski definition) is 4. The van der Waals surface area contributed by atoms with Crippen molar-refractivity contribution < 1.29 is 23.5 Å². The van der Waals surface area contributed by atoms with E-state index in [0.717, 1.165) is 19.6 Å². The van der Waals surface area contributed by atoms with Crippen LogP contribution < -0.4 is 26.0 Å². The number of ether oxygens (including phenoxy) is 1. The van der Waals surface area contributed by atoms with E-state index in [9.17, 15) is 18.8 Å². The number of carbonyl (C=O) groups is 3. The number of amides is 4. The Kier molecular flexibility index (Phi) is 9.62. The minimum Gasteiger partial charge on any atom is -0.492 e. The van der Waals surface area contributed by atoms with Crippen LogP contribution in [0.4, 0.5) is 26.2 Å². The first kappa shape index (κ1) is 25.6. The largest absolute Gasteiger partial charge is 0.492 e. The highest BCUT2D eigenvalue weighted by Crippen LogP contribution is 2.33. The van der Waals surface area contributed by atoms with Gasteiger partial charge < -0.3 is 30.9 Å². The van der Waals surface area contributed by atoms with Crippen LogP contribution in [0.15, 0.2) is 36.4 Å². The highest BCUT2D eigenvalue weighted by molar-refractivity contribution is 6.01. The summed E-state index contributed by atoms with van der Waals surface area (Å²) >= 11 is 0. The molecule has 9 nitrogen and oxygen atoms in total. The molecular formula is C23H30FN5O4. The summed E-state index contributed by atoms with van der Waals surface area (Å²) in [4.78, 5) is 38.0. The van der Waals surface area contributed by atoms with E-state index in [1.54, 1.807) is 24.3 Å². The van der Waals surface area contributed by atoms with Gasteiger partial charge in [0.25, 0.3) is 5.91 Å². The number of hydrogen-bond acceptors (Lipinski definition) is 5. The van der Waals surface area contributed by atoms with E-state index < -0.39 is 11.8 Å². The number of anilines is 3. The predicted molar refractivity (Wildman–Crippen MR) is 126 cm³/mol. The van der Waals surface area contributed by atoms with Crippen molar-refractivity contribution in [1.82, 2.24) is 10.2 Å². The summed E-state index contributed by atoms with van der Waals surface area (Å²) in [5, 5.41) is 10.3. The lowest BCUT2D eigenvalue weighted by molar-refractivity contribution is -0.114. The topological polar surface area (TPSA) is 112 Å². The maximum absolute atomic E-state index is 14.7. The molecule has 0 fully saturated rings. The summed E-state index contributed by atoms with van der Waals surface area (Å²) in [5.74, 6) is -1.60. The molecule has 2 aromatic rings. The van der Waals surface area contributed by atoms with Gasteiger partial charge in [0.2, 0.25) is 5.91 Å². The molecule has 0 radical (unpaired) electrons. The van der Waals surface area contributed by atoms with Crippen molar-refractivity contribution in [3.8, 4) is 5.75 Å². The Morgan fingerprint density at radius 1 is 0.939 bits per heavy atom. The quantitative estimate of drug-likeness (QED) is 0.435. The molecule has 10 heteroatoms. The van der Waals surface area contributed by atoms with Gasteiger partial charge in [-0.25, -0.2) is 9.18 Å². The van der Waals surface area contributed by atoms with Gasteiger partial charge in [0.1, 0.15) is 0 Å². The van der Waals surface area contributed by atoms with Gasteiger partial charge in [0.15, 0.2) is 11.6 Å². The van der Waals surface area contributed by atoms with Crippen LogP contribution in [0.3, 0.4) is 0 Å². The molecule has 0 unspecified atom stereocenters. The number of nitrogens with one attached hydrogen (secondary N) is 4. The highest BCUT2D eigenvalue weighted by atomic mass is 19.1. The molecule has 178 valence electrons. The molecule has 33 heavy (non-hydrogen) atoms. The third-order valence-electron chi connectivity index (χ3n) is 4.87. The highest BCUT2D eigenvalue weighted by Gasteiger charge is 2.17. The first-order valence-corrected chi connectivity index (χ1v) is 10.6. The Morgan fingerprint density at radius 2 is 1.58 bits per heavy atom. The standard InChI is InChI=1S/C23H30FN5O4/c1-5-29(6-2)14-13-25-22(31)16-7-9-17(10-8-16)27-23(32)28-18-11-12-19(26-15(3)30)21(33-4)20(18)24/h7-12H,5-6,13-14H2,1-4H3,(H,25,31)(H,26,30)(H2,27,28,32). The first-order valence-electron chi connectivity index (χ1n) is 10.6. The Labute approximate surface area is 192 Å². The molecule has 0 aromatic heterocycles. The maximum Gasteiger partial charge on any atom is 0.323 e. The average molecular weight is 460 g/mol. The van der Waals surface area contributed by atoms with Gasteiger partial charge in [-0.1, -0.05) is 13.8 Å². The van der Waals surface area contributed by atoms with Crippen LogP contribution in [-0.2, 0) is 4.79 Å². The van der Waals surface area contributed by atoms with E-state index in [0.29, 0.717) is 17.8 Å². The van der Waals surface area contributed by atoms with Crippen molar-refractivity contribution in [3.63, 3.8) is 0 Å².